The Morgan fingerprint density at radius 2 is 1.38 bits per heavy atom. The Morgan fingerprint density at radius 3 is 1.90 bits per heavy atom. The second kappa shape index (κ2) is 9.77. The maximum Gasteiger partial charge on any atom is -0.000711 e. The first-order valence-corrected chi connectivity index (χ1v) is 7.76. The number of hydrogen-bond acceptors (Lipinski definition) is 0. The van der Waals surface area contributed by atoms with Crippen LogP contribution >= 0.6 is 0 Å². The topological polar surface area (TPSA) is 0 Å². The Bertz CT molecular complexity index is 547. The van der Waals surface area contributed by atoms with Crippen molar-refractivity contribution in [3.05, 3.63) is 90.0 Å². The van der Waals surface area contributed by atoms with E-state index in [1.54, 1.807) is 0 Å². The van der Waals surface area contributed by atoms with Crippen LogP contribution < -0.4 is 0 Å². The molecule has 0 aliphatic carbocycles. The quantitative estimate of drug-likeness (QED) is 0.562. The minimum Gasteiger partial charge on any atom is -0.0798 e. The van der Waals surface area contributed by atoms with Crippen LogP contribution in [0.3, 0.4) is 0 Å². The minimum absolute atomic E-state index is 0.430. The molecule has 0 N–H and O–H groups in total. The molecule has 0 nitrogen and oxygen atoms in total. The van der Waals surface area contributed by atoms with Crippen LogP contribution in [0.4, 0.5) is 0 Å². The summed E-state index contributed by atoms with van der Waals surface area (Å²) < 4.78 is 0. The lowest BCUT2D eigenvalue weighted by molar-refractivity contribution is 0.968. The van der Waals surface area contributed by atoms with Gasteiger partial charge in [0.25, 0.3) is 0 Å². The van der Waals surface area contributed by atoms with Crippen molar-refractivity contribution in [2.24, 2.45) is 0 Å². The highest BCUT2D eigenvalue weighted by atomic mass is 14.1. The first-order chi connectivity index (χ1) is 10.3. The molecule has 0 heteroatoms. The van der Waals surface area contributed by atoms with Crippen LogP contribution in [0, 0.1) is 0 Å². The molecule has 0 fully saturated rings. The third-order valence-electron chi connectivity index (χ3n) is 3.31. The normalized spacial score (nSPS) is 12.7. The molecule has 0 aliphatic rings. The number of hydrogen-bond donors (Lipinski definition) is 0. The van der Waals surface area contributed by atoms with Gasteiger partial charge < -0.3 is 0 Å². The van der Waals surface area contributed by atoms with E-state index in [1.807, 2.05) is 19.9 Å². The highest BCUT2D eigenvalue weighted by molar-refractivity contribution is 5.73. The van der Waals surface area contributed by atoms with Gasteiger partial charge in [-0.1, -0.05) is 99.7 Å². The van der Waals surface area contributed by atoms with Crippen molar-refractivity contribution in [3.63, 3.8) is 0 Å². The van der Waals surface area contributed by atoms with Crippen LogP contribution in [0.15, 0.2) is 78.9 Å². The monoisotopic (exact) mass is 278 g/mol. The number of benzene rings is 2. The standard InChI is InChI=1S/C19H20.C2H6/c1-3-17(19-12-8-5-9-13-19)15-14-16(2)18-10-6-4-7-11-18;1-2/h3-16H,1-2H3;1-2H3/b15-14-,17-3+;. The molecule has 1 unspecified atom stereocenters. The van der Waals surface area contributed by atoms with Gasteiger partial charge in [-0.2, -0.15) is 0 Å². The first kappa shape index (κ1) is 17.0. The van der Waals surface area contributed by atoms with E-state index >= 15 is 0 Å². The molecule has 0 bridgehead atoms. The Labute approximate surface area is 129 Å². The van der Waals surface area contributed by atoms with Crippen molar-refractivity contribution in [1.82, 2.24) is 0 Å². The smallest absolute Gasteiger partial charge is 0.000711 e. The molecule has 0 heterocycles. The lowest BCUT2D eigenvalue weighted by Crippen LogP contribution is -1.88. The fraction of sp³-hybridized carbons (Fsp3) is 0.238. The van der Waals surface area contributed by atoms with E-state index in [1.165, 1.54) is 16.7 Å². The van der Waals surface area contributed by atoms with Crippen LogP contribution in [0.1, 0.15) is 44.7 Å². The zero-order valence-corrected chi connectivity index (χ0v) is 13.6. The predicted molar refractivity (Wildman–Crippen MR) is 95.4 cm³/mol. The van der Waals surface area contributed by atoms with Crippen LogP contribution in [0.5, 0.6) is 0 Å². The van der Waals surface area contributed by atoms with E-state index in [4.69, 9.17) is 0 Å². The molecular formula is C21H26. The van der Waals surface area contributed by atoms with E-state index < -0.39 is 0 Å². The summed E-state index contributed by atoms with van der Waals surface area (Å²) in [5.41, 5.74) is 3.88. The molecule has 0 spiro atoms. The third kappa shape index (κ3) is 5.43. The van der Waals surface area contributed by atoms with Crippen LogP contribution in [0.25, 0.3) is 5.57 Å². The summed E-state index contributed by atoms with van der Waals surface area (Å²) in [6, 6.07) is 21.1. The van der Waals surface area contributed by atoms with Gasteiger partial charge in [-0.05, 0) is 29.5 Å². The minimum atomic E-state index is 0.430. The highest BCUT2D eigenvalue weighted by Crippen LogP contribution is 2.20. The van der Waals surface area contributed by atoms with Gasteiger partial charge in [-0.25, -0.2) is 0 Å². The van der Waals surface area contributed by atoms with Crippen molar-refractivity contribution in [2.75, 3.05) is 0 Å². The molecule has 0 aromatic heterocycles. The molecular weight excluding hydrogens is 252 g/mol. The highest BCUT2D eigenvalue weighted by Gasteiger charge is 2.01. The molecule has 110 valence electrons. The van der Waals surface area contributed by atoms with Crippen molar-refractivity contribution < 1.29 is 0 Å². The molecule has 0 aliphatic heterocycles. The van der Waals surface area contributed by atoms with E-state index in [2.05, 4.69) is 86.7 Å². The molecule has 2 aromatic carbocycles. The summed E-state index contributed by atoms with van der Waals surface area (Å²) in [5.74, 6) is 0.430. The lowest BCUT2D eigenvalue weighted by Gasteiger charge is -2.07. The zero-order valence-electron chi connectivity index (χ0n) is 13.6. The average Bonchev–Trinajstić information content (AvgIpc) is 2.59. The van der Waals surface area contributed by atoms with E-state index in [0.29, 0.717) is 5.92 Å². The van der Waals surface area contributed by atoms with Gasteiger partial charge in [0.05, 0.1) is 0 Å². The van der Waals surface area contributed by atoms with Crippen LogP contribution in [-0.2, 0) is 0 Å². The summed E-state index contributed by atoms with van der Waals surface area (Å²) in [5, 5.41) is 0. The van der Waals surface area contributed by atoms with Gasteiger partial charge in [0.15, 0.2) is 0 Å². The van der Waals surface area contributed by atoms with Crippen LogP contribution in [-0.4, -0.2) is 0 Å². The van der Waals surface area contributed by atoms with Crippen molar-refractivity contribution in [1.29, 1.82) is 0 Å². The maximum atomic E-state index is 2.26. The molecule has 21 heavy (non-hydrogen) atoms. The number of rotatable bonds is 4. The SMILES string of the molecule is C/C=C(\C=C/C(C)c1ccccc1)c1ccccc1.CC. The van der Waals surface area contributed by atoms with Gasteiger partial charge in [-0.15, -0.1) is 0 Å². The Balaban J connectivity index is 0.00000106. The molecule has 0 saturated carbocycles. The predicted octanol–water partition coefficient (Wildman–Crippen LogP) is 6.48. The summed E-state index contributed by atoms with van der Waals surface area (Å²) in [6.07, 6.45) is 6.63. The summed E-state index contributed by atoms with van der Waals surface area (Å²) in [7, 11) is 0. The van der Waals surface area contributed by atoms with Gasteiger partial charge >= 0.3 is 0 Å². The molecule has 0 saturated heterocycles. The fourth-order valence-electron chi connectivity index (χ4n) is 2.11. The van der Waals surface area contributed by atoms with Crippen molar-refractivity contribution >= 4 is 5.57 Å². The second-order valence-electron chi connectivity index (χ2n) is 4.67. The molecule has 2 rings (SSSR count). The fourth-order valence-corrected chi connectivity index (χ4v) is 2.11. The van der Waals surface area contributed by atoms with E-state index in [0.717, 1.165) is 0 Å². The van der Waals surface area contributed by atoms with E-state index in [-0.39, 0.29) is 0 Å². The van der Waals surface area contributed by atoms with Gasteiger partial charge in [0.2, 0.25) is 0 Å². The van der Waals surface area contributed by atoms with Crippen molar-refractivity contribution in [2.45, 2.75) is 33.6 Å². The second-order valence-corrected chi connectivity index (χ2v) is 4.67. The van der Waals surface area contributed by atoms with Gasteiger partial charge in [0.1, 0.15) is 0 Å². The molecule has 0 radical (unpaired) electrons. The summed E-state index contributed by atoms with van der Waals surface area (Å²) >= 11 is 0. The zero-order chi connectivity index (χ0) is 15.5. The molecule has 1 atom stereocenters. The maximum absolute atomic E-state index is 2.26. The summed E-state index contributed by atoms with van der Waals surface area (Å²) in [4.78, 5) is 0. The average molecular weight is 278 g/mol. The van der Waals surface area contributed by atoms with Gasteiger partial charge in [-0.3, -0.25) is 0 Å². The summed E-state index contributed by atoms with van der Waals surface area (Å²) in [6.45, 7) is 8.31. The Hall–Kier alpha value is -2.08. The lowest BCUT2D eigenvalue weighted by atomic mass is 9.98. The third-order valence-corrected chi connectivity index (χ3v) is 3.31. The largest absolute Gasteiger partial charge is 0.0798 e. The van der Waals surface area contributed by atoms with Gasteiger partial charge in [0, 0.05) is 0 Å². The van der Waals surface area contributed by atoms with Crippen LogP contribution in [0.2, 0.25) is 0 Å². The molecule has 2 aromatic rings. The Kier molecular flexibility index (Phi) is 7.89. The number of allylic oxidation sites excluding steroid dienone is 4. The molecule has 0 amide bonds. The first-order valence-electron chi connectivity index (χ1n) is 7.76. The Morgan fingerprint density at radius 1 is 0.857 bits per heavy atom. The van der Waals surface area contributed by atoms with Crippen molar-refractivity contribution in [3.8, 4) is 0 Å². The van der Waals surface area contributed by atoms with E-state index in [9.17, 15) is 0 Å².